The van der Waals surface area contributed by atoms with E-state index in [0.717, 1.165) is 11.3 Å². The maximum Gasteiger partial charge on any atom is 0.176 e. The van der Waals surface area contributed by atoms with Crippen LogP contribution in [0, 0.1) is 6.92 Å². The van der Waals surface area contributed by atoms with Crippen LogP contribution in [0.2, 0.25) is 15.1 Å². The first-order valence-electron chi connectivity index (χ1n) is 7.73. The topological polar surface area (TPSA) is 41.9 Å². The minimum Gasteiger partial charge on any atom is -0.332 e. The molecule has 0 fully saturated rings. The van der Waals surface area contributed by atoms with Crippen molar-refractivity contribution >= 4 is 63.6 Å². The highest BCUT2D eigenvalue weighted by Crippen LogP contribution is 2.27. The van der Waals surface area contributed by atoms with Crippen LogP contribution in [-0.4, -0.2) is 14.9 Å². The van der Waals surface area contributed by atoms with E-state index >= 15 is 0 Å². The summed E-state index contributed by atoms with van der Waals surface area (Å²) in [7, 11) is 0. The highest BCUT2D eigenvalue weighted by Gasteiger charge is 2.12. The molecular weight excluding hydrogens is 411 g/mol. The molecule has 26 heavy (non-hydrogen) atoms. The maximum atomic E-state index is 6.26. The third kappa shape index (κ3) is 4.68. The number of anilines is 2. The Labute approximate surface area is 172 Å². The van der Waals surface area contributed by atoms with Crippen LogP contribution >= 0.6 is 47.0 Å². The molecule has 1 aromatic heterocycles. The smallest absolute Gasteiger partial charge is 0.176 e. The van der Waals surface area contributed by atoms with Gasteiger partial charge in [0.15, 0.2) is 10.9 Å². The Bertz CT molecular complexity index is 918. The fourth-order valence-electron chi connectivity index (χ4n) is 2.31. The van der Waals surface area contributed by atoms with Crippen LogP contribution in [0.3, 0.4) is 0 Å². The van der Waals surface area contributed by atoms with Gasteiger partial charge in [-0.1, -0.05) is 58.6 Å². The Morgan fingerprint density at radius 3 is 2.31 bits per heavy atom. The third-order valence-corrected chi connectivity index (χ3v) is 4.83. The van der Waals surface area contributed by atoms with Crippen LogP contribution in [0.5, 0.6) is 0 Å². The Balaban J connectivity index is 1.70. The molecule has 2 aromatic carbocycles. The first-order chi connectivity index (χ1) is 12.4. The van der Waals surface area contributed by atoms with Crippen molar-refractivity contribution in [3.8, 4) is 0 Å². The summed E-state index contributed by atoms with van der Waals surface area (Å²) < 4.78 is 1.66. The lowest BCUT2D eigenvalue weighted by molar-refractivity contribution is 0.690. The lowest BCUT2D eigenvalue weighted by Crippen LogP contribution is -2.19. The number of rotatable bonds is 4. The zero-order valence-electron chi connectivity index (χ0n) is 13.8. The summed E-state index contributed by atoms with van der Waals surface area (Å²) in [6.45, 7) is 2.43. The second kappa shape index (κ2) is 8.27. The van der Waals surface area contributed by atoms with Gasteiger partial charge in [0.1, 0.15) is 5.02 Å². The van der Waals surface area contributed by atoms with Gasteiger partial charge in [0.25, 0.3) is 0 Å². The van der Waals surface area contributed by atoms with Crippen molar-refractivity contribution in [3.63, 3.8) is 0 Å². The van der Waals surface area contributed by atoms with Gasteiger partial charge < -0.3 is 10.6 Å². The van der Waals surface area contributed by atoms with E-state index in [-0.39, 0.29) is 0 Å². The number of hydrogen-bond acceptors (Lipinski definition) is 2. The van der Waals surface area contributed by atoms with Gasteiger partial charge in [-0.05, 0) is 43.4 Å². The van der Waals surface area contributed by atoms with Crippen molar-refractivity contribution in [1.82, 2.24) is 9.78 Å². The van der Waals surface area contributed by atoms with Crippen molar-refractivity contribution in [1.29, 1.82) is 0 Å². The van der Waals surface area contributed by atoms with Crippen LogP contribution in [-0.2, 0) is 6.54 Å². The highest BCUT2D eigenvalue weighted by atomic mass is 35.5. The molecule has 0 aliphatic rings. The van der Waals surface area contributed by atoms with Gasteiger partial charge >= 0.3 is 0 Å². The van der Waals surface area contributed by atoms with Crippen LogP contribution in [0.25, 0.3) is 0 Å². The number of nitrogens with one attached hydrogen (secondary N) is 2. The van der Waals surface area contributed by atoms with Crippen molar-refractivity contribution in [2.24, 2.45) is 0 Å². The van der Waals surface area contributed by atoms with Crippen molar-refractivity contribution in [3.05, 3.63) is 74.9 Å². The number of nitrogens with zero attached hydrogens (tertiary/aromatic N) is 2. The van der Waals surface area contributed by atoms with Gasteiger partial charge in [-0.15, -0.1) is 0 Å². The summed E-state index contributed by atoms with van der Waals surface area (Å²) in [5.74, 6) is 0.458. The summed E-state index contributed by atoms with van der Waals surface area (Å²) in [5, 5.41) is 12.5. The Kier molecular flexibility index (Phi) is 6.04. The third-order valence-electron chi connectivity index (χ3n) is 3.64. The Morgan fingerprint density at radius 1 is 1.00 bits per heavy atom. The first-order valence-corrected chi connectivity index (χ1v) is 9.27. The van der Waals surface area contributed by atoms with Gasteiger partial charge in [-0.3, -0.25) is 4.68 Å². The van der Waals surface area contributed by atoms with Gasteiger partial charge in [-0.25, -0.2) is 0 Å². The molecule has 2 N–H and O–H groups in total. The normalized spacial score (nSPS) is 10.6. The monoisotopic (exact) mass is 424 g/mol. The summed E-state index contributed by atoms with van der Waals surface area (Å²) in [6.07, 6.45) is 1.69. The van der Waals surface area contributed by atoms with E-state index in [1.54, 1.807) is 29.1 Å². The molecule has 4 nitrogen and oxygen atoms in total. The molecule has 0 amide bonds. The maximum absolute atomic E-state index is 6.26. The molecule has 0 atom stereocenters. The molecule has 0 unspecified atom stereocenters. The molecule has 0 bridgehead atoms. The molecule has 0 aliphatic carbocycles. The number of hydrogen-bond donors (Lipinski definition) is 2. The molecule has 0 spiro atoms. The van der Waals surface area contributed by atoms with Crippen molar-refractivity contribution in [2.45, 2.75) is 13.5 Å². The first kappa shape index (κ1) is 19.0. The van der Waals surface area contributed by atoms with E-state index in [0.29, 0.717) is 32.5 Å². The van der Waals surface area contributed by atoms with Gasteiger partial charge in [0.05, 0.1) is 6.54 Å². The summed E-state index contributed by atoms with van der Waals surface area (Å²) in [5.41, 5.74) is 2.84. The zero-order chi connectivity index (χ0) is 18.7. The van der Waals surface area contributed by atoms with E-state index in [1.807, 2.05) is 31.2 Å². The largest absolute Gasteiger partial charge is 0.332 e. The number of benzene rings is 2. The fraction of sp³-hybridized carbons (Fsp3) is 0.111. The Hall–Kier alpha value is -1.79. The van der Waals surface area contributed by atoms with Gasteiger partial charge in [-0.2, -0.15) is 5.10 Å². The second-order valence-corrected chi connectivity index (χ2v) is 7.30. The molecule has 3 rings (SSSR count). The molecule has 134 valence electrons. The van der Waals surface area contributed by atoms with Crippen LogP contribution in [0.1, 0.15) is 11.1 Å². The molecule has 0 aliphatic heterocycles. The molecule has 1 heterocycles. The molecule has 0 saturated heterocycles. The second-order valence-electron chi connectivity index (χ2n) is 5.67. The molecule has 3 aromatic rings. The minimum atomic E-state index is 0.400. The van der Waals surface area contributed by atoms with Crippen molar-refractivity contribution < 1.29 is 0 Å². The molecule has 0 radical (unpaired) electrons. The van der Waals surface area contributed by atoms with E-state index in [4.69, 9.17) is 47.0 Å². The van der Waals surface area contributed by atoms with E-state index in [2.05, 4.69) is 15.7 Å². The predicted molar refractivity (Wildman–Crippen MR) is 114 cm³/mol. The van der Waals surface area contributed by atoms with Crippen molar-refractivity contribution in [2.75, 3.05) is 10.6 Å². The van der Waals surface area contributed by atoms with Gasteiger partial charge in [0, 0.05) is 27.5 Å². The fourth-order valence-corrected chi connectivity index (χ4v) is 3.24. The zero-order valence-corrected chi connectivity index (χ0v) is 16.8. The van der Waals surface area contributed by atoms with E-state index in [9.17, 15) is 0 Å². The summed E-state index contributed by atoms with van der Waals surface area (Å²) >= 11 is 24.0. The predicted octanol–water partition coefficient (Wildman–Crippen LogP) is 6.01. The van der Waals surface area contributed by atoms with Crippen LogP contribution in [0.15, 0.2) is 48.7 Å². The van der Waals surface area contributed by atoms with E-state index < -0.39 is 0 Å². The molecule has 8 heteroatoms. The van der Waals surface area contributed by atoms with E-state index in [1.165, 1.54) is 5.56 Å². The number of aryl methyl sites for hydroxylation is 1. The van der Waals surface area contributed by atoms with Crippen LogP contribution < -0.4 is 10.6 Å². The molecular formula is C18H15Cl3N4S. The SMILES string of the molecule is Cc1ccc(NC(=S)Nc2nn(Cc3c(Cl)cccc3Cl)cc2Cl)cc1. The highest BCUT2D eigenvalue weighted by molar-refractivity contribution is 7.80. The summed E-state index contributed by atoms with van der Waals surface area (Å²) in [6, 6.07) is 13.3. The molecule has 0 saturated carbocycles. The number of thiocarbonyl (C=S) groups is 1. The minimum absolute atomic E-state index is 0.400. The lowest BCUT2D eigenvalue weighted by Gasteiger charge is -2.09. The quantitative estimate of drug-likeness (QED) is 0.502. The van der Waals surface area contributed by atoms with Gasteiger partial charge in [0.2, 0.25) is 0 Å². The summed E-state index contributed by atoms with van der Waals surface area (Å²) in [4.78, 5) is 0. The number of halogens is 3. The number of aromatic nitrogens is 2. The lowest BCUT2D eigenvalue weighted by atomic mass is 10.2. The Morgan fingerprint density at radius 2 is 1.65 bits per heavy atom. The average molecular weight is 426 g/mol. The van der Waals surface area contributed by atoms with Crippen LogP contribution in [0.4, 0.5) is 11.5 Å². The average Bonchev–Trinajstić information content (AvgIpc) is 2.93. The standard InChI is InChI=1S/C18H15Cl3N4S/c1-11-5-7-12(8-6-11)22-18(26)23-17-16(21)10-25(24-17)9-13-14(19)3-2-4-15(13)20/h2-8,10H,9H2,1H3,(H2,22,23,24,26).